The van der Waals surface area contributed by atoms with Crippen LogP contribution < -0.4 is 22.5 Å². The first-order chi connectivity index (χ1) is 10.2. The van der Waals surface area contributed by atoms with Gasteiger partial charge in [-0.25, -0.2) is 0 Å². The summed E-state index contributed by atoms with van der Waals surface area (Å²) >= 11 is 0. The van der Waals surface area contributed by atoms with Gasteiger partial charge in [-0.2, -0.15) is 23.2 Å². The van der Waals surface area contributed by atoms with Crippen LogP contribution in [0.25, 0.3) is 0 Å². The second-order valence-electron chi connectivity index (χ2n) is 4.54. The van der Waals surface area contributed by atoms with E-state index in [2.05, 4.69) is 15.3 Å². The van der Waals surface area contributed by atoms with Crippen molar-refractivity contribution in [3.05, 3.63) is 35.4 Å². The van der Waals surface area contributed by atoms with Crippen molar-refractivity contribution in [2.45, 2.75) is 18.6 Å². The number of hydrogen-bond donors (Lipinski definition) is 4. The average molecular weight is 316 g/mol. The number of ether oxygens (including phenoxy) is 1. The fraction of sp³-hybridized carbons (Fsp3) is 0.333. The van der Waals surface area contributed by atoms with Gasteiger partial charge in [0.25, 0.3) is 5.85 Å². The number of nitrogens with two attached hydrogens (primary N) is 3. The SMILES string of the molecule is NCc1ccc(C2(OCC(F)(F)F)N=C(N)N=C(N)N2)cc1. The Bertz CT molecular complexity index is 598. The molecule has 120 valence electrons. The monoisotopic (exact) mass is 316 g/mol. The molecule has 0 spiro atoms. The Morgan fingerprint density at radius 3 is 2.32 bits per heavy atom. The molecular formula is C12H15F3N6O. The van der Waals surface area contributed by atoms with Crippen molar-refractivity contribution in [1.82, 2.24) is 5.32 Å². The molecule has 1 unspecified atom stereocenters. The summed E-state index contributed by atoms with van der Waals surface area (Å²) in [5, 5.41) is 2.49. The first-order valence-corrected chi connectivity index (χ1v) is 6.22. The largest absolute Gasteiger partial charge is 0.411 e. The van der Waals surface area contributed by atoms with E-state index in [-0.39, 0.29) is 17.5 Å². The summed E-state index contributed by atoms with van der Waals surface area (Å²) in [6, 6.07) is 6.34. The van der Waals surface area contributed by atoms with Crippen molar-refractivity contribution in [2.75, 3.05) is 6.61 Å². The average Bonchev–Trinajstić information content (AvgIpc) is 2.43. The number of guanidine groups is 2. The molecule has 10 heteroatoms. The van der Waals surface area contributed by atoms with Crippen LogP contribution in [0.15, 0.2) is 34.3 Å². The van der Waals surface area contributed by atoms with E-state index in [4.69, 9.17) is 21.9 Å². The molecule has 0 aromatic heterocycles. The van der Waals surface area contributed by atoms with Crippen LogP contribution in [-0.2, 0) is 17.1 Å². The molecule has 0 saturated heterocycles. The highest BCUT2D eigenvalue weighted by molar-refractivity contribution is 5.95. The topological polar surface area (TPSA) is 124 Å². The van der Waals surface area contributed by atoms with Gasteiger partial charge in [0.15, 0.2) is 0 Å². The van der Waals surface area contributed by atoms with E-state index in [0.29, 0.717) is 6.54 Å². The van der Waals surface area contributed by atoms with Crippen molar-refractivity contribution in [1.29, 1.82) is 0 Å². The van der Waals surface area contributed by atoms with Gasteiger partial charge in [0, 0.05) is 12.1 Å². The van der Waals surface area contributed by atoms with Gasteiger partial charge in [0.2, 0.25) is 11.9 Å². The Labute approximate surface area is 124 Å². The Morgan fingerprint density at radius 1 is 1.18 bits per heavy atom. The molecule has 0 amide bonds. The maximum Gasteiger partial charge on any atom is 0.411 e. The predicted octanol–water partition coefficient (Wildman–Crippen LogP) is 0.0671. The number of hydrogen-bond acceptors (Lipinski definition) is 7. The molecule has 7 N–H and O–H groups in total. The number of rotatable bonds is 4. The van der Waals surface area contributed by atoms with Crippen molar-refractivity contribution < 1.29 is 17.9 Å². The first kappa shape index (κ1) is 16.0. The number of nitrogens with zero attached hydrogens (tertiary/aromatic N) is 2. The molecule has 0 radical (unpaired) electrons. The predicted molar refractivity (Wildman–Crippen MR) is 74.4 cm³/mol. The van der Waals surface area contributed by atoms with Crippen molar-refractivity contribution >= 4 is 11.9 Å². The number of halogens is 3. The van der Waals surface area contributed by atoms with Crippen molar-refractivity contribution in [3.63, 3.8) is 0 Å². The van der Waals surface area contributed by atoms with Crippen LogP contribution in [0.2, 0.25) is 0 Å². The molecule has 1 aliphatic heterocycles. The Morgan fingerprint density at radius 2 is 1.82 bits per heavy atom. The van der Waals surface area contributed by atoms with Crippen LogP contribution >= 0.6 is 0 Å². The van der Waals surface area contributed by atoms with Gasteiger partial charge in [-0.15, -0.1) is 0 Å². The summed E-state index contributed by atoms with van der Waals surface area (Å²) in [5.41, 5.74) is 17.6. The van der Waals surface area contributed by atoms with E-state index in [9.17, 15) is 13.2 Å². The van der Waals surface area contributed by atoms with E-state index in [1.807, 2.05) is 0 Å². The first-order valence-electron chi connectivity index (χ1n) is 6.22. The van der Waals surface area contributed by atoms with E-state index in [1.165, 1.54) is 12.1 Å². The lowest BCUT2D eigenvalue weighted by Crippen LogP contribution is -2.54. The standard InChI is InChI=1S/C12H15F3N6O/c13-11(14,15)6-22-12(20-9(17)19-10(18)21-12)8-3-1-7(5-16)2-4-8/h1-4H,5-6,16H2,(H5,17,18,19,20,21). The van der Waals surface area contributed by atoms with Gasteiger partial charge in [-0.3, -0.25) is 0 Å². The summed E-state index contributed by atoms with van der Waals surface area (Å²) in [4.78, 5) is 7.47. The highest BCUT2D eigenvalue weighted by atomic mass is 19.4. The molecule has 0 saturated carbocycles. The van der Waals surface area contributed by atoms with Crippen molar-refractivity contribution in [2.24, 2.45) is 27.2 Å². The maximum atomic E-state index is 12.5. The summed E-state index contributed by atoms with van der Waals surface area (Å²) < 4.78 is 42.4. The second-order valence-corrected chi connectivity index (χ2v) is 4.54. The zero-order valence-corrected chi connectivity index (χ0v) is 11.4. The van der Waals surface area contributed by atoms with E-state index in [0.717, 1.165) is 5.56 Å². The van der Waals surface area contributed by atoms with Crippen LogP contribution in [0.1, 0.15) is 11.1 Å². The Hall–Kier alpha value is -2.33. The fourth-order valence-corrected chi connectivity index (χ4v) is 1.88. The highest BCUT2D eigenvalue weighted by Gasteiger charge is 2.41. The molecule has 1 aliphatic rings. The maximum absolute atomic E-state index is 12.5. The lowest BCUT2D eigenvalue weighted by Gasteiger charge is -2.34. The minimum absolute atomic E-state index is 0.197. The third-order valence-electron chi connectivity index (χ3n) is 2.83. The van der Waals surface area contributed by atoms with Gasteiger partial charge < -0.3 is 27.3 Å². The molecule has 0 bridgehead atoms. The zero-order valence-electron chi connectivity index (χ0n) is 11.4. The molecule has 1 aromatic carbocycles. The normalized spacial score (nSPS) is 21.8. The van der Waals surface area contributed by atoms with Gasteiger partial charge in [-0.1, -0.05) is 24.3 Å². The fourth-order valence-electron chi connectivity index (χ4n) is 1.88. The van der Waals surface area contributed by atoms with Gasteiger partial charge >= 0.3 is 6.18 Å². The Balaban J connectivity index is 2.39. The van der Waals surface area contributed by atoms with Gasteiger partial charge in [0.05, 0.1) is 0 Å². The van der Waals surface area contributed by atoms with Crippen LogP contribution in [0.4, 0.5) is 13.2 Å². The van der Waals surface area contributed by atoms with E-state index >= 15 is 0 Å². The molecule has 1 heterocycles. The third-order valence-corrected chi connectivity index (χ3v) is 2.83. The zero-order chi connectivity index (χ0) is 16.4. The number of alkyl halides is 3. The molecule has 22 heavy (non-hydrogen) atoms. The molecular weight excluding hydrogens is 301 g/mol. The lowest BCUT2D eigenvalue weighted by molar-refractivity contribution is -0.210. The van der Waals surface area contributed by atoms with Crippen LogP contribution in [0.5, 0.6) is 0 Å². The molecule has 0 aliphatic carbocycles. The number of aliphatic imine (C=N–C) groups is 2. The van der Waals surface area contributed by atoms with Gasteiger partial charge in [0.1, 0.15) is 6.61 Å². The highest BCUT2D eigenvalue weighted by Crippen LogP contribution is 2.29. The summed E-state index contributed by atoms with van der Waals surface area (Å²) in [5.74, 6) is -2.38. The van der Waals surface area contributed by atoms with Crippen LogP contribution in [0, 0.1) is 0 Å². The smallest absolute Gasteiger partial charge is 0.369 e. The summed E-state index contributed by atoms with van der Waals surface area (Å²) in [6.45, 7) is -1.25. The number of benzene rings is 1. The quantitative estimate of drug-likeness (QED) is 0.625. The number of nitrogens with one attached hydrogen (secondary N) is 1. The minimum Gasteiger partial charge on any atom is -0.369 e. The van der Waals surface area contributed by atoms with E-state index in [1.54, 1.807) is 12.1 Å². The second kappa shape index (κ2) is 5.81. The third kappa shape index (κ3) is 3.65. The van der Waals surface area contributed by atoms with Gasteiger partial charge in [-0.05, 0) is 5.56 Å². The van der Waals surface area contributed by atoms with Crippen molar-refractivity contribution in [3.8, 4) is 0 Å². The Kier molecular flexibility index (Phi) is 4.24. The molecule has 1 atom stereocenters. The molecule has 2 rings (SSSR count). The lowest BCUT2D eigenvalue weighted by atomic mass is 10.1. The summed E-state index contributed by atoms with van der Waals surface area (Å²) in [6.07, 6.45) is -4.54. The van der Waals surface area contributed by atoms with E-state index < -0.39 is 18.6 Å². The van der Waals surface area contributed by atoms with Crippen LogP contribution in [0.3, 0.4) is 0 Å². The molecule has 1 aromatic rings. The summed E-state index contributed by atoms with van der Waals surface area (Å²) in [7, 11) is 0. The molecule has 0 fully saturated rings. The molecule has 7 nitrogen and oxygen atoms in total. The van der Waals surface area contributed by atoms with Crippen LogP contribution in [-0.4, -0.2) is 24.7 Å². The minimum atomic E-state index is -4.54.